The zero-order valence-corrected chi connectivity index (χ0v) is 19.0. The van der Waals surface area contributed by atoms with Gasteiger partial charge in [-0.15, -0.1) is 37.2 Å². The monoisotopic (exact) mass is 460 g/mol. The van der Waals surface area contributed by atoms with Crippen LogP contribution in [0.5, 0.6) is 0 Å². The molecule has 2 rings (SSSR count). The van der Waals surface area contributed by atoms with Gasteiger partial charge in [0.15, 0.2) is 0 Å². The number of carbonyl (C=O) groups is 1. The zero-order valence-electron chi connectivity index (χ0n) is 16.5. The first-order valence-electron chi connectivity index (χ1n) is 8.69. The van der Waals surface area contributed by atoms with Crippen molar-refractivity contribution in [3.63, 3.8) is 0 Å². The highest BCUT2D eigenvalue weighted by Crippen LogP contribution is 2.28. The molecule has 1 amide bonds. The van der Waals surface area contributed by atoms with Gasteiger partial charge in [0, 0.05) is 51.1 Å². The van der Waals surface area contributed by atoms with Gasteiger partial charge >= 0.3 is 0 Å². The van der Waals surface area contributed by atoms with Crippen molar-refractivity contribution in [3.05, 3.63) is 29.6 Å². The van der Waals surface area contributed by atoms with Crippen LogP contribution in [0.2, 0.25) is 0 Å². The topological polar surface area (TPSA) is 70.8 Å². The summed E-state index contributed by atoms with van der Waals surface area (Å²) in [6, 6.07) is 4.49. The van der Waals surface area contributed by atoms with Gasteiger partial charge in [-0.3, -0.25) is 4.79 Å². The van der Waals surface area contributed by atoms with Crippen molar-refractivity contribution in [2.75, 3.05) is 51.8 Å². The molecule has 0 aromatic heterocycles. The van der Waals surface area contributed by atoms with E-state index in [1.807, 2.05) is 6.92 Å². The minimum atomic E-state index is -0.309. The first-order chi connectivity index (χ1) is 11.9. The number of anilines is 1. The predicted octanol–water partition coefficient (Wildman–Crippen LogP) is 2.38. The van der Waals surface area contributed by atoms with Crippen LogP contribution in [0.15, 0.2) is 18.2 Å². The normalized spacial score (nSPS) is 16.1. The van der Waals surface area contributed by atoms with Gasteiger partial charge in [0.25, 0.3) is 0 Å². The van der Waals surface area contributed by atoms with Crippen LogP contribution in [0.4, 0.5) is 10.1 Å². The fourth-order valence-corrected chi connectivity index (χ4v) is 3.06. The number of carbonyl (C=O) groups excluding carboxylic acids is 1. The van der Waals surface area contributed by atoms with Gasteiger partial charge in [0.1, 0.15) is 5.82 Å². The first-order valence-corrected chi connectivity index (χ1v) is 8.69. The molecule has 3 N–H and O–H groups in total. The maximum atomic E-state index is 13.8. The predicted molar refractivity (Wildman–Crippen MR) is 119 cm³/mol. The summed E-state index contributed by atoms with van der Waals surface area (Å²) in [6.45, 7) is 5.85. The minimum Gasteiger partial charge on any atom is -0.380 e. The van der Waals surface area contributed by atoms with E-state index in [4.69, 9.17) is 10.5 Å². The van der Waals surface area contributed by atoms with Crippen molar-refractivity contribution in [1.29, 1.82) is 0 Å². The highest BCUT2D eigenvalue weighted by atomic mass is 35.5. The number of halogens is 4. The minimum absolute atomic E-state index is 0. The zero-order chi connectivity index (χ0) is 18.4. The number of nitrogens with two attached hydrogens (primary N) is 1. The molecule has 2 unspecified atom stereocenters. The molecule has 6 nitrogen and oxygen atoms in total. The molecule has 164 valence electrons. The van der Waals surface area contributed by atoms with E-state index in [0.717, 1.165) is 37.4 Å². The van der Waals surface area contributed by atoms with Gasteiger partial charge in [0.2, 0.25) is 5.91 Å². The molecule has 2 atom stereocenters. The summed E-state index contributed by atoms with van der Waals surface area (Å²) in [6.07, 6.45) is -0.118. The molecular formula is C18H32Cl3FN4O2. The lowest BCUT2D eigenvalue weighted by Crippen LogP contribution is -2.45. The average molecular weight is 462 g/mol. The molecule has 28 heavy (non-hydrogen) atoms. The lowest BCUT2D eigenvalue weighted by molar-refractivity contribution is -0.124. The summed E-state index contributed by atoms with van der Waals surface area (Å²) in [5.74, 6) is -0.455. The fourth-order valence-electron chi connectivity index (χ4n) is 3.06. The second-order valence-corrected chi connectivity index (χ2v) is 6.58. The maximum Gasteiger partial charge on any atom is 0.223 e. The Morgan fingerprint density at radius 3 is 2.39 bits per heavy atom. The highest BCUT2D eigenvalue weighted by molar-refractivity contribution is 5.86. The Hall–Kier alpha value is -0.830. The maximum absolute atomic E-state index is 13.8. The molecule has 1 aromatic carbocycles. The largest absolute Gasteiger partial charge is 0.380 e. The second kappa shape index (κ2) is 14.2. The van der Waals surface area contributed by atoms with Crippen LogP contribution in [0, 0.1) is 5.82 Å². The lowest BCUT2D eigenvalue weighted by Gasteiger charge is -2.36. The van der Waals surface area contributed by atoms with Gasteiger partial charge in [0.05, 0.1) is 18.6 Å². The number of hydrogen-bond donors (Lipinski definition) is 2. The molecule has 0 saturated carbocycles. The molecular weight excluding hydrogens is 430 g/mol. The van der Waals surface area contributed by atoms with Crippen molar-refractivity contribution >= 4 is 48.8 Å². The second-order valence-electron chi connectivity index (χ2n) is 6.58. The molecule has 1 heterocycles. The van der Waals surface area contributed by atoms with Crippen molar-refractivity contribution in [2.45, 2.75) is 25.5 Å². The van der Waals surface area contributed by atoms with E-state index >= 15 is 0 Å². The Morgan fingerprint density at radius 1 is 1.25 bits per heavy atom. The number of amides is 1. The summed E-state index contributed by atoms with van der Waals surface area (Å²) in [5.41, 5.74) is 7.33. The van der Waals surface area contributed by atoms with E-state index in [-0.39, 0.29) is 74.1 Å². The number of piperazine rings is 1. The molecule has 10 heteroatoms. The molecule has 1 fully saturated rings. The van der Waals surface area contributed by atoms with Crippen LogP contribution >= 0.6 is 37.2 Å². The van der Waals surface area contributed by atoms with E-state index in [0.29, 0.717) is 0 Å². The number of ether oxygens (including phenoxy) is 1. The van der Waals surface area contributed by atoms with Crippen LogP contribution in [0.25, 0.3) is 0 Å². The van der Waals surface area contributed by atoms with Gasteiger partial charge in [-0.05, 0) is 32.2 Å². The molecule has 1 aliphatic rings. The number of methoxy groups -OCH3 is 1. The van der Waals surface area contributed by atoms with E-state index in [9.17, 15) is 9.18 Å². The van der Waals surface area contributed by atoms with E-state index < -0.39 is 0 Å². The van der Waals surface area contributed by atoms with Crippen LogP contribution in [-0.4, -0.2) is 63.8 Å². The molecule has 0 bridgehead atoms. The number of rotatable bonds is 7. The van der Waals surface area contributed by atoms with E-state index in [1.54, 1.807) is 6.07 Å². The molecule has 1 aliphatic heterocycles. The van der Waals surface area contributed by atoms with Gasteiger partial charge in [-0.2, -0.15) is 0 Å². The van der Waals surface area contributed by atoms with Crippen molar-refractivity contribution in [2.24, 2.45) is 5.73 Å². The third kappa shape index (κ3) is 8.27. The van der Waals surface area contributed by atoms with Crippen molar-refractivity contribution in [1.82, 2.24) is 10.2 Å². The number of benzene rings is 1. The van der Waals surface area contributed by atoms with Crippen LogP contribution < -0.4 is 16.0 Å². The van der Waals surface area contributed by atoms with Gasteiger partial charge in [-0.1, -0.05) is 0 Å². The fraction of sp³-hybridized carbons (Fsp3) is 0.611. The molecule has 0 radical (unpaired) electrons. The summed E-state index contributed by atoms with van der Waals surface area (Å²) in [7, 11) is 3.63. The van der Waals surface area contributed by atoms with E-state index in [2.05, 4.69) is 22.2 Å². The molecule has 0 spiro atoms. The Labute approximate surface area is 185 Å². The van der Waals surface area contributed by atoms with Gasteiger partial charge in [-0.25, -0.2) is 4.39 Å². The molecule has 1 saturated heterocycles. The summed E-state index contributed by atoms with van der Waals surface area (Å²) in [5, 5.41) is 2.93. The first kappa shape index (κ1) is 29.4. The third-order valence-electron chi connectivity index (χ3n) is 4.69. The molecule has 0 aliphatic carbocycles. The third-order valence-corrected chi connectivity index (χ3v) is 4.69. The number of likely N-dealkylation sites (N-methyl/N-ethyl adjacent to an activating group) is 1. The quantitative estimate of drug-likeness (QED) is 0.652. The summed E-state index contributed by atoms with van der Waals surface area (Å²) >= 11 is 0. The molecule has 1 aromatic rings. The lowest BCUT2D eigenvalue weighted by atomic mass is 10.0. The van der Waals surface area contributed by atoms with E-state index in [1.165, 1.54) is 19.2 Å². The standard InChI is InChI=1S/C18H29FN4O2.3ClH/c1-13(21-18(24)11-15(12-20)25-3)16-10-14(19)4-5-17(16)23-8-6-22(2)7-9-23;;;/h4-5,10,13,15H,6-9,11-12,20H2,1-3H3,(H,21,24);3*1H. The summed E-state index contributed by atoms with van der Waals surface area (Å²) < 4.78 is 19.0. The Balaban J connectivity index is 0. The van der Waals surface area contributed by atoms with Crippen LogP contribution in [0.3, 0.4) is 0 Å². The summed E-state index contributed by atoms with van der Waals surface area (Å²) in [4.78, 5) is 16.7. The van der Waals surface area contributed by atoms with Gasteiger partial charge < -0.3 is 25.6 Å². The Bertz CT molecular complexity index is 586. The number of nitrogens with zero attached hydrogens (tertiary/aromatic N) is 2. The Morgan fingerprint density at radius 2 is 1.86 bits per heavy atom. The number of nitrogens with one attached hydrogen (secondary N) is 1. The smallest absolute Gasteiger partial charge is 0.223 e. The van der Waals surface area contributed by atoms with Crippen molar-refractivity contribution in [3.8, 4) is 0 Å². The Kier molecular flexibility index (Phi) is 14.9. The highest BCUT2D eigenvalue weighted by Gasteiger charge is 2.22. The van der Waals surface area contributed by atoms with Crippen molar-refractivity contribution < 1.29 is 13.9 Å². The average Bonchev–Trinajstić information content (AvgIpc) is 2.60. The SMILES string of the molecule is COC(CN)CC(=O)NC(C)c1cc(F)ccc1N1CCN(C)CC1.Cl.Cl.Cl. The van der Waals surface area contributed by atoms with Crippen LogP contribution in [0.1, 0.15) is 24.9 Å². The number of hydrogen-bond acceptors (Lipinski definition) is 5. The van der Waals surface area contributed by atoms with Crippen LogP contribution in [-0.2, 0) is 9.53 Å².